The van der Waals surface area contributed by atoms with Crippen molar-refractivity contribution >= 4 is 28.1 Å². The maximum Gasteiger partial charge on any atom is 0.341 e. The Balaban J connectivity index is 2.02. The Kier molecular flexibility index (Phi) is 5.21. The van der Waals surface area contributed by atoms with E-state index in [2.05, 4.69) is 0 Å². The molecule has 2 aromatic carbocycles. The molecule has 0 radical (unpaired) electrons. The van der Waals surface area contributed by atoms with Crippen molar-refractivity contribution in [3.05, 3.63) is 82.2 Å². The van der Waals surface area contributed by atoms with E-state index in [1.165, 1.54) is 26.5 Å². The van der Waals surface area contributed by atoms with Gasteiger partial charge < -0.3 is 14.0 Å². The topological polar surface area (TPSA) is 83.6 Å². The highest BCUT2D eigenvalue weighted by Crippen LogP contribution is 2.26. The lowest BCUT2D eigenvalue weighted by Gasteiger charge is -2.13. The van der Waals surface area contributed by atoms with Crippen molar-refractivity contribution in [1.82, 2.24) is 4.57 Å². The molecule has 7 nitrogen and oxygen atoms in total. The van der Waals surface area contributed by atoms with Gasteiger partial charge in [-0.25, -0.2) is 4.79 Å². The summed E-state index contributed by atoms with van der Waals surface area (Å²) in [4.78, 5) is 22.7. The third kappa shape index (κ3) is 3.67. The fourth-order valence-corrected chi connectivity index (χ4v) is 2.99. The summed E-state index contributed by atoms with van der Waals surface area (Å²) in [6.45, 7) is 0.482. The third-order valence-electron chi connectivity index (χ3n) is 4.25. The van der Waals surface area contributed by atoms with Crippen LogP contribution in [0.1, 0.15) is 11.1 Å². The summed E-state index contributed by atoms with van der Waals surface area (Å²) in [6.07, 6.45) is 3.23. The molecule has 1 heterocycles. The van der Waals surface area contributed by atoms with E-state index < -0.39 is 10.9 Å². The van der Waals surface area contributed by atoms with Crippen LogP contribution in [0.3, 0.4) is 0 Å². The second-order valence-electron chi connectivity index (χ2n) is 5.86. The number of rotatable bonds is 6. The first-order valence-electron chi connectivity index (χ1n) is 8.18. The first-order chi connectivity index (χ1) is 13.0. The highest BCUT2D eigenvalue weighted by atomic mass is 16.6. The SMILES string of the molecule is COC=C(C(=O)OC)c1ccccc1Cn1ccc2cc([N+](=O)[O-])ccc21. The fourth-order valence-electron chi connectivity index (χ4n) is 2.99. The van der Waals surface area contributed by atoms with Gasteiger partial charge in [0.25, 0.3) is 5.69 Å². The number of hydrogen-bond acceptors (Lipinski definition) is 5. The molecule has 138 valence electrons. The zero-order valence-corrected chi connectivity index (χ0v) is 14.9. The van der Waals surface area contributed by atoms with E-state index in [0.717, 1.165) is 16.5 Å². The molecule has 0 bridgehead atoms. The number of methoxy groups -OCH3 is 2. The Hall–Kier alpha value is -3.61. The minimum atomic E-state index is -0.489. The van der Waals surface area contributed by atoms with Crippen molar-refractivity contribution in [2.75, 3.05) is 14.2 Å². The van der Waals surface area contributed by atoms with Crippen LogP contribution in [0.25, 0.3) is 16.5 Å². The molecule has 3 aromatic rings. The van der Waals surface area contributed by atoms with Crippen LogP contribution in [0.4, 0.5) is 5.69 Å². The molecule has 0 saturated carbocycles. The molecule has 0 aliphatic heterocycles. The Bertz CT molecular complexity index is 1040. The van der Waals surface area contributed by atoms with Gasteiger partial charge in [-0.2, -0.15) is 0 Å². The molecule has 0 amide bonds. The first-order valence-corrected chi connectivity index (χ1v) is 8.18. The summed E-state index contributed by atoms with van der Waals surface area (Å²) in [7, 11) is 2.79. The summed E-state index contributed by atoms with van der Waals surface area (Å²) in [6, 6.07) is 14.0. The van der Waals surface area contributed by atoms with Gasteiger partial charge in [0.05, 0.1) is 25.4 Å². The largest absolute Gasteiger partial charge is 0.503 e. The monoisotopic (exact) mass is 366 g/mol. The lowest BCUT2D eigenvalue weighted by molar-refractivity contribution is -0.384. The van der Waals surface area contributed by atoms with E-state index in [0.29, 0.717) is 17.7 Å². The molecule has 0 aliphatic carbocycles. The molecule has 0 atom stereocenters. The number of carbonyl (C=O) groups excluding carboxylic acids is 1. The second-order valence-corrected chi connectivity index (χ2v) is 5.86. The molecule has 0 aliphatic rings. The number of hydrogen-bond donors (Lipinski definition) is 0. The second kappa shape index (κ2) is 7.74. The minimum Gasteiger partial charge on any atom is -0.503 e. The number of carbonyl (C=O) groups is 1. The zero-order valence-electron chi connectivity index (χ0n) is 14.9. The van der Waals surface area contributed by atoms with Crippen LogP contribution < -0.4 is 0 Å². The van der Waals surface area contributed by atoms with Crippen molar-refractivity contribution in [2.45, 2.75) is 6.54 Å². The quantitative estimate of drug-likeness (QED) is 0.218. The summed E-state index contributed by atoms with van der Waals surface area (Å²) < 4.78 is 11.9. The molecule has 0 fully saturated rings. The highest BCUT2D eigenvalue weighted by molar-refractivity contribution is 6.16. The Labute approximate surface area is 155 Å². The summed E-state index contributed by atoms with van der Waals surface area (Å²) in [5, 5.41) is 11.7. The zero-order chi connectivity index (χ0) is 19.4. The summed E-state index contributed by atoms with van der Waals surface area (Å²) in [5.41, 5.74) is 2.84. The molecule has 1 aromatic heterocycles. The van der Waals surface area contributed by atoms with E-state index >= 15 is 0 Å². The van der Waals surface area contributed by atoms with Gasteiger partial charge in [0.1, 0.15) is 5.57 Å². The van der Waals surface area contributed by atoms with Crippen LogP contribution in [0.2, 0.25) is 0 Å². The van der Waals surface area contributed by atoms with Gasteiger partial charge in [-0.15, -0.1) is 0 Å². The Morgan fingerprint density at radius 3 is 2.67 bits per heavy atom. The number of ether oxygens (including phenoxy) is 2. The normalized spacial score (nSPS) is 11.4. The molecular weight excluding hydrogens is 348 g/mol. The molecule has 3 rings (SSSR count). The number of benzene rings is 2. The van der Waals surface area contributed by atoms with Crippen LogP contribution in [0, 0.1) is 10.1 Å². The molecule has 0 saturated heterocycles. The standard InChI is InChI=1S/C20H18N2O5/c1-26-13-18(20(23)27-2)17-6-4-3-5-15(17)12-21-10-9-14-11-16(22(24)25)7-8-19(14)21/h3-11,13H,12H2,1-2H3. The van der Waals surface area contributed by atoms with Crippen LogP contribution >= 0.6 is 0 Å². The molecule has 0 N–H and O–H groups in total. The number of fused-ring (bicyclic) bond motifs is 1. The summed E-state index contributed by atoms with van der Waals surface area (Å²) >= 11 is 0. The van der Waals surface area contributed by atoms with E-state index in [9.17, 15) is 14.9 Å². The van der Waals surface area contributed by atoms with Crippen LogP contribution in [0.15, 0.2) is 61.0 Å². The number of esters is 1. The lowest BCUT2D eigenvalue weighted by Crippen LogP contribution is -2.08. The predicted molar refractivity (Wildman–Crippen MR) is 101 cm³/mol. The van der Waals surface area contributed by atoms with Gasteiger partial charge in [0.15, 0.2) is 0 Å². The molecule has 27 heavy (non-hydrogen) atoms. The Morgan fingerprint density at radius 2 is 1.96 bits per heavy atom. The maximum absolute atomic E-state index is 12.1. The number of nitro groups is 1. The van der Waals surface area contributed by atoms with Gasteiger partial charge in [-0.05, 0) is 23.3 Å². The number of non-ortho nitro benzene ring substituents is 1. The lowest BCUT2D eigenvalue weighted by atomic mass is 10.0. The van der Waals surface area contributed by atoms with E-state index in [4.69, 9.17) is 9.47 Å². The van der Waals surface area contributed by atoms with Gasteiger partial charge >= 0.3 is 5.97 Å². The van der Waals surface area contributed by atoms with Gasteiger partial charge in [0, 0.05) is 35.8 Å². The number of nitro benzene ring substituents is 1. The predicted octanol–water partition coefficient (Wildman–Crippen LogP) is 3.76. The van der Waals surface area contributed by atoms with Crippen LogP contribution in [-0.2, 0) is 20.8 Å². The van der Waals surface area contributed by atoms with Gasteiger partial charge in [0.2, 0.25) is 0 Å². The fraction of sp³-hybridized carbons (Fsp3) is 0.150. The van der Waals surface area contributed by atoms with E-state index in [1.54, 1.807) is 12.1 Å². The van der Waals surface area contributed by atoms with E-state index in [-0.39, 0.29) is 5.69 Å². The van der Waals surface area contributed by atoms with E-state index in [1.807, 2.05) is 41.1 Å². The number of nitrogens with zero attached hydrogens (tertiary/aromatic N) is 2. The molecule has 0 unspecified atom stereocenters. The van der Waals surface area contributed by atoms with Crippen LogP contribution in [-0.4, -0.2) is 29.7 Å². The van der Waals surface area contributed by atoms with Crippen molar-refractivity contribution in [1.29, 1.82) is 0 Å². The number of aromatic nitrogens is 1. The molecule has 7 heteroatoms. The highest BCUT2D eigenvalue weighted by Gasteiger charge is 2.17. The van der Waals surface area contributed by atoms with Gasteiger partial charge in [-0.3, -0.25) is 10.1 Å². The summed E-state index contributed by atoms with van der Waals surface area (Å²) in [5.74, 6) is -0.489. The van der Waals surface area contributed by atoms with Crippen molar-refractivity contribution in [3.63, 3.8) is 0 Å². The third-order valence-corrected chi connectivity index (χ3v) is 4.25. The van der Waals surface area contributed by atoms with Crippen molar-refractivity contribution in [3.8, 4) is 0 Å². The average molecular weight is 366 g/mol. The minimum absolute atomic E-state index is 0.0525. The van der Waals surface area contributed by atoms with Crippen LogP contribution in [0.5, 0.6) is 0 Å². The average Bonchev–Trinajstić information content (AvgIpc) is 3.08. The Morgan fingerprint density at radius 1 is 1.19 bits per heavy atom. The van der Waals surface area contributed by atoms with Gasteiger partial charge in [-0.1, -0.05) is 24.3 Å². The smallest absolute Gasteiger partial charge is 0.341 e. The van der Waals surface area contributed by atoms with Crippen molar-refractivity contribution < 1.29 is 19.2 Å². The molecule has 0 spiro atoms. The molecular formula is C20H18N2O5. The first kappa shape index (κ1) is 18.2. The van der Waals surface area contributed by atoms with Crippen molar-refractivity contribution in [2.24, 2.45) is 0 Å². The maximum atomic E-state index is 12.1.